The van der Waals surface area contributed by atoms with Crippen molar-refractivity contribution in [1.29, 1.82) is 0 Å². The fourth-order valence-electron chi connectivity index (χ4n) is 3.00. The monoisotopic (exact) mass is 398 g/mol. The Morgan fingerprint density at radius 1 is 0.852 bits per heavy atom. The fraction of sp³-hybridized carbons (Fsp3) is 0.929. The second kappa shape index (κ2) is 9.38. The molecule has 13 nitrogen and oxygen atoms in total. The summed E-state index contributed by atoms with van der Waals surface area (Å²) in [7, 11) is 1.23. The van der Waals surface area contributed by atoms with Gasteiger partial charge in [0.05, 0.1) is 19.3 Å². The molecule has 2 amide bonds. The molecule has 2 fully saturated rings. The van der Waals surface area contributed by atoms with Crippen molar-refractivity contribution in [3.8, 4) is 0 Å². The van der Waals surface area contributed by atoms with E-state index in [-0.39, 0.29) is 0 Å². The summed E-state index contributed by atoms with van der Waals surface area (Å²) in [6, 6.07) is -2.23. The molecular formula is C14H26N2O11. The summed E-state index contributed by atoms with van der Waals surface area (Å²) >= 11 is 0. The van der Waals surface area contributed by atoms with Gasteiger partial charge in [-0.25, -0.2) is 4.79 Å². The number of amides is 2. The number of methoxy groups -OCH3 is 1. The average molecular weight is 398 g/mol. The zero-order valence-electron chi connectivity index (χ0n) is 14.5. The lowest BCUT2D eigenvalue weighted by molar-refractivity contribution is -0.271. The van der Waals surface area contributed by atoms with E-state index in [0.717, 1.165) is 0 Å². The minimum absolute atomic E-state index is 0.603. The first-order chi connectivity index (χ1) is 12.7. The quantitative estimate of drug-likeness (QED) is 0.213. The van der Waals surface area contributed by atoms with E-state index >= 15 is 0 Å². The largest absolute Gasteiger partial charge is 0.394 e. The molecule has 27 heavy (non-hydrogen) atoms. The molecule has 0 unspecified atom stereocenters. The zero-order chi connectivity index (χ0) is 20.3. The summed E-state index contributed by atoms with van der Waals surface area (Å²) in [5.41, 5.74) is 0. The van der Waals surface area contributed by atoms with Gasteiger partial charge in [-0.3, -0.25) is 0 Å². The number of ether oxygens (including phenoxy) is 3. The van der Waals surface area contributed by atoms with E-state index < -0.39 is 80.5 Å². The molecule has 2 saturated heterocycles. The highest BCUT2D eigenvalue weighted by Crippen LogP contribution is 2.22. The molecule has 13 heteroatoms. The second-order valence-corrected chi connectivity index (χ2v) is 6.34. The van der Waals surface area contributed by atoms with Crippen LogP contribution in [0.5, 0.6) is 0 Å². The molecule has 2 aliphatic rings. The number of rotatable bonds is 5. The van der Waals surface area contributed by atoms with E-state index in [1.165, 1.54) is 7.11 Å². The van der Waals surface area contributed by atoms with Crippen molar-refractivity contribution in [3.05, 3.63) is 0 Å². The van der Waals surface area contributed by atoms with Gasteiger partial charge in [0.1, 0.15) is 42.7 Å². The molecule has 2 heterocycles. The van der Waals surface area contributed by atoms with E-state index in [2.05, 4.69) is 10.6 Å². The number of urea groups is 1. The number of aliphatic hydroxyl groups excluding tert-OH is 7. The summed E-state index contributed by atoms with van der Waals surface area (Å²) in [5.74, 6) is 0. The molecule has 158 valence electrons. The van der Waals surface area contributed by atoms with Crippen LogP contribution in [-0.2, 0) is 14.2 Å². The molecule has 10 atom stereocenters. The molecule has 2 rings (SSSR count). The number of carbonyl (C=O) groups excluding carboxylic acids is 1. The highest BCUT2D eigenvalue weighted by molar-refractivity contribution is 5.74. The minimum atomic E-state index is -1.70. The number of aliphatic hydroxyl groups is 7. The van der Waals surface area contributed by atoms with Gasteiger partial charge >= 0.3 is 6.03 Å². The maximum absolute atomic E-state index is 12.2. The molecule has 2 aliphatic heterocycles. The smallest absolute Gasteiger partial charge is 0.317 e. The summed E-state index contributed by atoms with van der Waals surface area (Å²) in [6.45, 7) is -1.27. The van der Waals surface area contributed by atoms with Crippen LogP contribution < -0.4 is 10.6 Å². The first-order valence-electron chi connectivity index (χ1n) is 8.27. The first kappa shape index (κ1) is 22.2. The van der Waals surface area contributed by atoms with Gasteiger partial charge in [-0.2, -0.15) is 0 Å². The summed E-state index contributed by atoms with van der Waals surface area (Å²) in [6.07, 6.45) is -13.0. The van der Waals surface area contributed by atoms with Gasteiger partial charge in [0.25, 0.3) is 0 Å². The fourth-order valence-corrected chi connectivity index (χ4v) is 3.00. The van der Waals surface area contributed by atoms with Gasteiger partial charge in [0, 0.05) is 7.11 Å². The topological polar surface area (TPSA) is 210 Å². The molecule has 0 aromatic carbocycles. The van der Waals surface area contributed by atoms with Crippen LogP contribution >= 0.6 is 0 Å². The Labute approximate surface area is 154 Å². The third kappa shape index (κ3) is 4.65. The number of carbonyl (C=O) groups is 1. The molecule has 0 aromatic heterocycles. The Morgan fingerprint density at radius 3 is 2.04 bits per heavy atom. The highest BCUT2D eigenvalue weighted by atomic mass is 16.7. The lowest BCUT2D eigenvalue weighted by Gasteiger charge is -2.43. The van der Waals surface area contributed by atoms with Crippen LogP contribution in [-0.4, -0.2) is 123 Å². The molecule has 9 N–H and O–H groups in total. The van der Waals surface area contributed by atoms with Crippen molar-refractivity contribution < 1.29 is 54.8 Å². The maximum atomic E-state index is 12.2. The van der Waals surface area contributed by atoms with E-state index in [1.807, 2.05) is 0 Å². The summed E-state index contributed by atoms with van der Waals surface area (Å²) in [4.78, 5) is 12.2. The third-order valence-electron chi connectivity index (χ3n) is 4.58. The summed E-state index contributed by atoms with van der Waals surface area (Å²) < 4.78 is 15.2. The number of hydrogen-bond donors (Lipinski definition) is 9. The third-order valence-corrected chi connectivity index (χ3v) is 4.58. The standard InChI is InChI=1S/C14H26N2O11/c1-25-13-11(23)8(20)6(4(2-17)27-13)15-14(24)16-12-10(22)9(21)7(19)5(3-18)26-12/h4-13,17-23H,2-3H2,1H3,(H2,15,16,24)/t4-,5-,6-,7-,8+,9+,10-,11-,12-,13+/m1/s1. The number of hydrogen-bond acceptors (Lipinski definition) is 11. The van der Waals surface area contributed by atoms with Crippen LogP contribution in [0.1, 0.15) is 0 Å². The number of nitrogens with one attached hydrogen (secondary N) is 2. The summed E-state index contributed by atoms with van der Waals surface area (Å²) in [5, 5.41) is 72.4. The molecule has 0 saturated carbocycles. The van der Waals surface area contributed by atoms with Gasteiger partial charge in [0.15, 0.2) is 12.5 Å². The van der Waals surface area contributed by atoms with Gasteiger partial charge in [0.2, 0.25) is 0 Å². The predicted molar refractivity (Wildman–Crippen MR) is 84.0 cm³/mol. The van der Waals surface area contributed by atoms with E-state index in [4.69, 9.17) is 19.3 Å². The van der Waals surface area contributed by atoms with E-state index in [1.54, 1.807) is 0 Å². The van der Waals surface area contributed by atoms with Crippen molar-refractivity contribution in [3.63, 3.8) is 0 Å². The molecule has 0 radical (unpaired) electrons. The maximum Gasteiger partial charge on any atom is 0.317 e. The molecular weight excluding hydrogens is 372 g/mol. The predicted octanol–water partition coefficient (Wildman–Crippen LogP) is -5.46. The average Bonchev–Trinajstić information content (AvgIpc) is 2.66. The van der Waals surface area contributed by atoms with Crippen LogP contribution in [0, 0.1) is 0 Å². The van der Waals surface area contributed by atoms with Gasteiger partial charge in [-0.1, -0.05) is 0 Å². The van der Waals surface area contributed by atoms with E-state index in [0.29, 0.717) is 0 Å². The Morgan fingerprint density at radius 2 is 1.48 bits per heavy atom. The van der Waals surface area contributed by atoms with E-state index in [9.17, 15) is 35.4 Å². The molecule has 0 aliphatic carbocycles. The van der Waals surface area contributed by atoms with Crippen molar-refractivity contribution in [2.24, 2.45) is 0 Å². The molecule has 0 aromatic rings. The van der Waals surface area contributed by atoms with Gasteiger partial charge in [-0.05, 0) is 0 Å². The molecule has 0 bridgehead atoms. The molecule has 0 spiro atoms. The highest BCUT2D eigenvalue weighted by Gasteiger charge is 2.47. The minimum Gasteiger partial charge on any atom is -0.394 e. The van der Waals surface area contributed by atoms with Gasteiger partial charge < -0.3 is 60.6 Å². The SMILES string of the molecule is CO[C@H]1O[C@H](CO)[C@@H](NC(=O)N[C@@H]2O[C@H](CO)[C@@H](O)[C@H](O)[C@H]2O)[C@H](O)[C@H]1O. The van der Waals surface area contributed by atoms with Gasteiger partial charge in [-0.15, -0.1) is 0 Å². The Bertz CT molecular complexity index is 494. The second-order valence-electron chi connectivity index (χ2n) is 6.34. The van der Waals surface area contributed by atoms with Crippen LogP contribution in [0.15, 0.2) is 0 Å². The lowest BCUT2D eigenvalue weighted by atomic mass is 9.96. The van der Waals surface area contributed by atoms with Crippen molar-refractivity contribution in [1.82, 2.24) is 10.6 Å². The Hall–Kier alpha value is -1.13. The first-order valence-corrected chi connectivity index (χ1v) is 8.27. The normalized spacial score (nSPS) is 45.3. The van der Waals surface area contributed by atoms with Crippen LogP contribution in [0.4, 0.5) is 4.79 Å². The Kier molecular flexibility index (Phi) is 7.70. The van der Waals surface area contributed by atoms with Crippen LogP contribution in [0.3, 0.4) is 0 Å². The van der Waals surface area contributed by atoms with Crippen LogP contribution in [0.2, 0.25) is 0 Å². The van der Waals surface area contributed by atoms with Crippen molar-refractivity contribution in [2.75, 3.05) is 20.3 Å². The van der Waals surface area contributed by atoms with Crippen LogP contribution in [0.25, 0.3) is 0 Å². The van der Waals surface area contributed by atoms with Crippen molar-refractivity contribution >= 4 is 6.03 Å². The zero-order valence-corrected chi connectivity index (χ0v) is 14.5. The lowest BCUT2D eigenvalue weighted by Crippen LogP contribution is -2.68. The van der Waals surface area contributed by atoms with Crippen molar-refractivity contribution in [2.45, 2.75) is 61.3 Å². The Balaban J connectivity index is 2.01.